The molecule has 0 aromatic heterocycles. The Labute approximate surface area is 121 Å². The SMILES string of the molecule is CCCOCCC(C(=O)OC)(C(=O)OC)C1CCCC1. The number of carbonyl (C=O) groups excluding carboxylic acids is 2. The Morgan fingerprint density at radius 2 is 1.60 bits per heavy atom. The molecule has 0 aliphatic heterocycles. The smallest absolute Gasteiger partial charge is 0.323 e. The van der Waals surface area contributed by atoms with Crippen molar-refractivity contribution in [1.82, 2.24) is 0 Å². The minimum atomic E-state index is -1.20. The molecule has 5 nitrogen and oxygen atoms in total. The van der Waals surface area contributed by atoms with E-state index in [0.29, 0.717) is 19.6 Å². The summed E-state index contributed by atoms with van der Waals surface area (Å²) in [4.78, 5) is 24.6. The van der Waals surface area contributed by atoms with Crippen LogP contribution in [0.3, 0.4) is 0 Å². The molecule has 5 heteroatoms. The summed E-state index contributed by atoms with van der Waals surface area (Å²) in [5.41, 5.74) is -1.20. The van der Waals surface area contributed by atoms with E-state index in [0.717, 1.165) is 32.1 Å². The van der Waals surface area contributed by atoms with Crippen molar-refractivity contribution in [2.45, 2.75) is 45.4 Å². The number of rotatable bonds is 8. The second-order valence-corrected chi connectivity index (χ2v) is 5.30. The van der Waals surface area contributed by atoms with Crippen LogP contribution in [0, 0.1) is 11.3 Å². The number of ether oxygens (including phenoxy) is 3. The van der Waals surface area contributed by atoms with Crippen molar-refractivity contribution in [3.8, 4) is 0 Å². The summed E-state index contributed by atoms with van der Waals surface area (Å²) < 4.78 is 15.3. The molecule has 1 fully saturated rings. The van der Waals surface area contributed by atoms with Crippen molar-refractivity contribution >= 4 is 11.9 Å². The summed E-state index contributed by atoms with van der Waals surface area (Å²) in [6.45, 7) is 3.02. The van der Waals surface area contributed by atoms with Crippen molar-refractivity contribution in [3.05, 3.63) is 0 Å². The quantitative estimate of drug-likeness (QED) is 0.389. The lowest BCUT2D eigenvalue weighted by atomic mass is 9.72. The van der Waals surface area contributed by atoms with Crippen LogP contribution in [-0.4, -0.2) is 39.4 Å². The van der Waals surface area contributed by atoms with Crippen molar-refractivity contribution in [2.75, 3.05) is 27.4 Å². The molecule has 0 bridgehead atoms. The monoisotopic (exact) mass is 286 g/mol. The Hall–Kier alpha value is -1.10. The van der Waals surface area contributed by atoms with Gasteiger partial charge in [-0.2, -0.15) is 0 Å². The van der Waals surface area contributed by atoms with Gasteiger partial charge in [0.05, 0.1) is 14.2 Å². The van der Waals surface area contributed by atoms with Gasteiger partial charge >= 0.3 is 11.9 Å². The van der Waals surface area contributed by atoms with Crippen LogP contribution in [0.15, 0.2) is 0 Å². The predicted octanol–water partition coefficient (Wildman–Crippen LogP) is 2.33. The standard InChI is InChI=1S/C15H26O5/c1-4-10-20-11-9-15(13(16)18-2,14(17)19-3)12-7-5-6-8-12/h12H,4-11H2,1-3H3. The van der Waals surface area contributed by atoms with Crippen molar-refractivity contribution < 1.29 is 23.8 Å². The molecule has 1 aliphatic carbocycles. The Kier molecular flexibility index (Phi) is 6.99. The molecule has 0 aromatic rings. The van der Waals surface area contributed by atoms with Gasteiger partial charge in [0.25, 0.3) is 0 Å². The van der Waals surface area contributed by atoms with Crippen molar-refractivity contribution in [1.29, 1.82) is 0 Å². The van der Waals surface area contributed by atoms with Gasteiger partial charge in [-0.15, -0.1) is 0 Å². The van der Waals surface area contributed by atoms with Gasteiger partial charge in [0.1, 0.15) is 0 Å². The van der Waals surface area contributed by atoms with Gasteiger partial charge < -0.3 is 14.2 Å². The maximum absolute atomic E-state index is 12.3. The molecule has 1 rings (SSSR count). The largest absolute Gasteiger partial charge is 0.468 e. The van der Waals surface area contributed by atoms with Crippen LogP contribution in [0.5, 0.6) is 0 Å². The molecular formula is C15H26O5. The number of carbonyl (C=O) groups is 2. The third-order valence-electron chi connectivity index (χ3n) is 4.14. The first-order chi connectivity index (χ1) is 9.63. The molecular weight excluding hydrogens is 260 g/mol. The highest BCUT2D eigenvalue weighted by molar-refractivity contribution is 6.00. The Bertz CT molecular complexity index is 304. The van der Waals surface area contributed by atoms with E-state index in [1.165, 1.54) is 14.2 Å². The fraction of sp³-hybridized carbons (Fsp3) is 0.867. The van der Waals surface area contributed by atoms with E-state index in [4.69, 9.17) is 14.2 Å². The molecule has 0 saturated heterocycles. The van der Waals surface area contributed by atoms with Gasteiger partial charge in [-0.25, -0.2) is 0 Å². The third kappa shape index (κ3) is 3.51. The first-order valence-corrected chi connectivity index (χ1v) is 7.38. The van der Waals surface area contributed by atoms with Crippen LogP contribution in [0.4, 0.5) is 0 Å². The molecule has 0 aromatic carbocycles. The summed E-state index contributed by atoms with van der Waals surface area (Å²) in [6.07, 6.45) is 5.03. The molecule has 116 valence electrons. The minimum Gasteiger partial charge on any atom is -0.468 e. The van der Waals surface area contributed by atoms with Crippen molar-refractivity contribution in [3.63, 3.8) is 0 Å². The number of esters is 2. The molecule has 0 spiro atoms. The van der Waals surface area contributed by atoms with Gasteiger partial charge in [0.15, 0.2) is 5.41 Å². The number of hydrogen-bond donors (Lipinski definition) is 0. The normalized spacial score (nSPS) is 16.1. The van der Waals surface area contributed by atoms with E-state index >= 15 is 0 Å². The lowest BCUT2D eigenvalue weighted by Crippen LogP contribution is -2.47. The van der Waals surface area contributed by atoms with Gasteiger partial charge in [0, 0.05) is 13.2 Å². The molecule has 0 atom stereocenters. The highest BCUT2D eigenvalue weighted by atomic mass is 16.5. The summed E-state index contributed by atoms with van der Waals surface area (Å²) in [7, 11) is 2.64. The molecule has 0 N–H and O–H groups in total. The average molecular weight is 286 g/mol. The average Bonchev–Trinajstić information content (AvgIpc) is 3.00. The zero-order chi connectivity index (χ0) is 15.0. The van der Waals surface area contributed by atoms with Gasteiger partial charge in [0.2, 0.25) is 0 Å². The van der Waals surface area contributed by atoms with E-state index in [2.05, 4.69) is 0 Å². The first-order valence-electron chi connectivity index (χ1n) is 7.38. The van der Waals surface area contributed by atoms with Crippen LogP contribution < -0.4 is 0 Å². The Balaban J connectivity index is 2.92. The van der Waals surface area contributed by atoms with Crippen LogP contribution in [0.25, 0.3) is 0 Å². The molecule has 1 aliphatic rings. The van der Waals surface area contributed by atoms with E-state index in [-0.39, 0.29) is 5.92 Å². The summed E-state index contributed by atoms with van der Waals surface area (Å²) in [5, 5.41) is 0. The summed E-state index contributed by atoms with van der Waals surface area (Å²) >= 11 is 0. The van der Waals surface area contributed by atoms with Crippen LogP contribution >= 0.6 is 0 Å². The number of hydrogen-bond acceptors (Lipinski definition) is 5. The maximum Gasteiger partial charge on any atom is 0.323 e. The van der Waals surface area contributed by atoms with E-state index in [1.54, 1.807) is 0 Å². The lowest BCUT2D eigenvalue weighted by molar-refractivity contribution is -0.175. The zero-order valence-electron chi connectivity index (χ0n) is 12.8. The topological polar surface area (TPSA) is 61.8 Å². The molecule has 0 amide bonds. The minimum absolute atomic E-state index is 0.00683. The fourth-order valence-electron chi connectivity index (χ4n) is 3.09. The Morgan fingerprint density at radius 3 is 2.05 bits per heavy atom. The molecule has 1 saturated carbocycles. The zero-order valence-corrected chi connectivity index (χ0v) is 12.8. The van der Waals surface area contributed by atoms with E-state index in [1.807, 2.05) is 6.92 Å². The lowest BCUT2D eigenvalue weighted by Gasteiger charge is -2.33. The summed E-state index contributed by atoms with van der Waals surface area (Å²) in [6, 6.07) is 0. The van der Waals surface area contributed by atoms with Crippen molar-refractivity contribution in [2.24, 2.45) is 11.3 Å². The molecule has 0 radical (unpaired) electrons. The number of methoxy groups -OCH3 is 2. The first kappa shape index (κ1) is 17.0. The van der Waals surface area contributed by atoms with Crippen LogP contribution in [0.1, 0.15) is 45.4 Å². The third-order valence-corrected chi connectivity index (χ3v) is 4.14. The molecule has 0 unspecified atom stereocenters. The highest BCUT2D eigenvalue weighted by Crippen LogP contribution is 2.44. The predicted molar refractivity (Wildman–Crippen MR) is 74.2 cm³/mol. The van der Waals surface area contributed by atoms with Gasteiger partial charge in [-0.3, -0.25) is 9.59 Å². The van der Waals surface area contributed by atoms with E-state index < -0.39 is 17.4 Å². The fourth-order valence-corrected chi connectivity index (χ4v) is 3.09. The molecule has 20 heavy (non-hydrogen) atoms. The molecule has 0 heterocycles. The van der Waals surface area contributed by atoms with Gasteiger partial charge in [-0.05, 0) is 31.6 Å². The highest BCUT2D eigenvalue weighted by Gasteiger charge is 2.54. The van der Waals surface area contributed by atoms with E-state index in [9.17, 15) is 9.59 Å². The second kappa shape index (κ2) is 8.25. The summed E-state index contributed by atoms with van der Waals surface area (Å²) in [5.74, 6) is -0.986. The second-order valence-electron chi connectivity index (χ2n) is 5.30. The Morgan fingerprint density at radius 1 is 1.05 bits per heavy atom. The van der Waals surface area contributed by atoms with Crippen LogP contribution in [0.2, 0.25) is 0 Å². The van der Waals surface area contributed by atoms with Crippen LogP contribution in [-0.2, 0) is 23.8 Å². The van der Waals surface area contributed by atoms with Gasteiger partial charge in [-0.1, -0.05) is 19.8 Å². The maximum atomic E-state index is 12.3.